The second kappa shape index (κ2) is 5.62. The standard InChI is InChI=1S/C8H8Br2N2.ClH/c9-6-3-1-2-5(8(6)10)4-7(11)12;/h1-3H,4H2,(H3,11,12);1H. The van der Waals surface area contributed by atoms with E-state index < -0.39 is 0 Å². The summed E-state index contributed by atoms with van der Waals surface area (Å²) in [5.41, 5.74) is 6.32. The molecule has 0 radical (unpaired) electrons. The highest BCUT2D eigenvalue weighted by Gasteiger charge is 2.03. The lowest BCUT2D eigenvalue weighted by molar-refractivity contribution is 1.23. The van der Waals surface area contributed by atoms with Crippen LogP contribution in [0.3, 0.4) is 0 Å². The van der Waals surface area contributed by atoms with E-state index in [4.69, 9.17) is 11.1 Å². The topological polar surface area (TPSA) is 49.9 Å². The minimum atomic E-state index is 0. The van der Waals surface area contributed by atoms with Crippen LogP contribution in [0.25, 0.3) is 0 Å². The molecule has 1 aromatic rings. The van der Waals surface area contributed by atoms with Crippen molar-refractivity contribution in [3.05, 3.63) is 32.7 Å². The summed E-state index contributed by atoms with van der Waals surface area (Å²) in [5, 5.41) is 7.14. The smallest absolute Gasteiger partial charge is 0.0950 e. The van der Waals surface area contributed by atoms with Crippen molar-refractivity contribution < 1.29 is 0 Å². The van der Waals surface area contributed by atoms with Crippen molar-refractivity contribution in [2.45, 2.75) is 6.42 Å². The summed E-state index contributed by atoms with van der Waals surface area (Å²) in [6.07, 6.45) is 0.486. The number of nitrogens with two attached hydrogens (primary N) is 1. The van der Waals surface area contributed by atoms with E-state index in [1.807, 2.05) is 18.2 Å². The number of hydrogen-bond donors (Lipinski definition) is 2. The first-order chi connectivity index (χ1) is 5.61. The van der Waals surface area contributed by atoms with Gasteiger partial charge in [-0.2, -0.15) is 0 Å². The van der Waals surface area contributed by atoms with Crippen LogP contribution >= 0.6 is 44.3 Å². The molecule has 0 aliphatic heterocycles. The largest absolute Gasteiger partial charge is 0.387 e. The van der Waals surface area contributed by atoms with Gasteiger partial charge in [-0.25, -0.2) is 0 Å². The van der Waals surface area contributed by atoms with Crippen molar-refractivity contribution in [1.82, 2.24) is 0 Å². The molecule has 72 valence electrons. The van der Waals surface area contributed by atoms with E-state index in [2.05, 4.69) is 31.9 Å². The fourth-order valence-electron chi connectivity index (χ4n) is 0.890. The molecule has 0 spiro atoms. The van der Waals surface area contributed by atoms with Gasteiger partial charge in [-0.1, -0.05) is 12.1 Å². The van der Waals surface area contributed by atoms with E-state index in [0.717, 1.165) is 14.5 Å². The van der Waals surface area contributed by atoms with Crippen molar-refractivity contribution in [2.75, 3.05) is 0 Å². The van der Waals surface area contributed by atoms with Gasteiger partial charge in [0.2, 0.25) is 0 Å². The maximum Gasteiger partial charge on any atom is 0.0950 e. The van der Waals surface area contributed by atoms with E-state index in [-0.39, 0.29) is 18.2 Å². The molecule has 0 aliphatic rings. The molecule has 1 aromatic carbocycles. The summed E-state index contributed by atoms with van der Waals surface area (Å²) in [7, 11) is 0. The van der Waals surface area contributed by atoms with E-state index in [9.17, 15) is 0 Å². The summed E-state index contributed by atoms with van der Waals surface area (Å²) in [6.45, 7) is 0. The van der Waals surface area contributed by atoms with Crippen LogP contribution < -0.4 is 5.73 Å². The van der Waals surface area contributed by atoms with Crippen LogP contribution in [-0.2, 0) is 6.42 Å². The zero-order valence-electron chi connectivity index (χ0n) is 6.68. The lowest BCUT2D eigenvalue weighted by Gasteiger charge is -2.03. The Hall–Kier alpha value is -0.0600. The van der Waals surface area contributed by atoms with Gasteiger partial charge in [-0.3, -0.25) is 5.41 Å². The van der Waals surface area contributed by atoms with Crippen molar-refractivity contribution in [1.29, 1.82) is 5.41 Å². The number of benzene rings is 1. The van der Waals surface area contributed by atoms with Gasteiger partial charge in [-0.05, 0) is 43.5 Å². The zero-order valence-corrected chi connectivity index (χ0v) is 10.7. The third-order valence-electron chi connectivity index (χ3n) is 1.41. The molecule has 0 heterocycles. The second-order valence-corrected chi connectivity index (χ2v) is 4.06. The van der Waals surface area contributed by atoms with Crippen LogP contribution in [0.4, 0.5) is 0 Å². The molecule has 0 atom stereocenters. The molecule has 0 saturated carbocycles. The van der Waals surface area contributed by atoms with Crippen LogP contribution in [0, 0.1) is 5.41 Å². The van der Waals surface area contributed by atoms with Crippen LogP contribution in [0.1, 0.15) is 5.56 Å². The lowest BCUT2D eigenvalue weighted by Crippen LogP contribution is -2.12. The molecule has 13 heavy (non-hydrogen) atoms. The minimum Gasteiger partial charge on any atom is -0.387 e. The van der Waals surface area contributed by atoms with Crippen LogP contribution in [0.5, 0.6) is 0 Å². The third kappa shape index (κ3) is 3.67. The average Bonchev–Trinajstić information content (AvgIpc) is 1.98. The molecule has 2 nitrogen and oxygen atoms in total. The van der Waals surface area contributed by atoms with Crippen molar-refractivity contribution in [3.8, 4) is 0 Å². The second-order valence-electron chi connectivity index (χ2n) is 2.41. The van der Waals surface area contributed by atoms with Crippen molar-refractivity contribution in [2.24, 2.45) is 5.73 Å². The molecular weight excluding hydrogens is 319 g/mol. The highest BCUT2D eigenvalue weighted by molar-refractivity contribution is 9.13. The first-order valence-corrected chi connectivity index (χ1v) is 4.95. The molecule has 1 rings (SSSR count). The summed E-state index contributed by atoms with van der Waals surface area (Å²) < 4.78 is 1.96. The predicted octanol–water partition coefficient (Wildman–Crippen LogP) is 3.11. The maximum absolute atomic E-state index is 7.14. The quantitative estimate of drug-likeness (QED) is 0.636. The van der Waals surface area contributed by atoms with E-state index >= 15 is 0 Å². The van der Waals surface area contributed by atoms with Gasteiger partial charge in [-0.15, -0.1) is 12.4 Å². The van der Waals surface area contributed by atoms with E-state index in [0.29, 0.717) is 6.42 Å². The predicted molar refractivity (Wildman–Crippen MR) is 64.7 cm³/mol. The number of halogens is 3. The van der Waals surface area contributed by atoms with Crippen LogP contribution in [0.2, 0.25) is 0 Å². The Morgan fingerprint density at radius 3 is 2.54 bits per heavy atom. The fourth-order valence-corrected chi connectivity index (χ4v) is 1.70. The highest BCUT2D eigenvalue weighted by Crippen LogP contribution is 2.26. The minimum absolute atomic E-state index is 0. The Morgan fingerprint density at radius 2 is 2.00 bits per heavy atom. The molecule has 0 aromatic heterocycles. The van der Waals surface area contributed by atoms with E-state index in [1.54, 1.807) is 0 Å². The molecule has 3 N–H and O–H groups in total. The molecule has 0 aliphatic carbocycles. The monoisotopic (exact) mass is 326 g/mol. The Morgan fingerprint density at radius 1 is 1.38 bits per heavy atom. The Kier molecular flexibility index (Phi) is 5.60. The van der Waals surface area contributed by atoms with Crippen LogP contribution in [0.15, 0.2) is 27.1 Å². The summed E-state index contributed by atoms with van der Waals surface area (Å²) in [6, 6.07) is 5.80. The molecule has 0 unspecified atom stereocenters. The average molecular weight is 328 g/mol. The first kappa shape index (κ1) is 12.9. The highest BCUT2D eigenvalue weighted by atomic mass is 79.9. The summed E-state index contributed by atoms with van der Waals surface area (Å²) >= 11 is 6.79. The number of hydrogen-bond acceptors (Lipinski definition) is 1. The van der Waals surface area contributed by atoms with E-state index in [1.165, 1.54) is 0 Å². The summed E-state index contributed by atoms with van der Waals surface area (Å²) in [5.74, 6) is 0.175. The Bertz CT molecular complexity index is 315. The molecular formula is C8H9Br2ClN2. The molecule has 0 bridgehead atoms. The molecule has 5 heteroatoms. The van der Waals surface area contributed by atoms with Crippen LogP contribution in [-0.4, -0.2) is 5.84 Å². The van der Waals surface area contributed by atoms with Crippen molar-refractivity contribution >= 4 is 50.1 Å². The van der Waals surface area contributed by atoms with Gasteiger partial charge in [0.25, 0.3) is 0 Å². The number of nitrogens with one attached hydrogen (secondary N) is 1. The van der Waals surface area contributed by atoms with Gasteiger partial charge in [0.1, 0.15) is 0 Å². The molecule has 0 fully saturated rings. The number of amidine groups is 1. The lowest BCUT2D eigenvalue weighted by atomic mass is 10.1. The van der Waals surface area contributed by atoms with Gasteiger partial charge >= 0.3 is 0 Å². The zero-order chi connectivity index (χ0) is 9.14. The fraction of sp³-hybridized carbons (Fsp3) is 0.125. The first-order valence-electron chi connectivity index (χ1n) is 3.37. The van der Waals surface area contributed by atoms with Crippen molar-refractivity contribution in [3.63, 3.8) is 0 Å². The Labute approximate surface area is 100 Å². The van der Waals surface area contributed by atoms with Gasteiger partial charge in [0, 0.05) is 15.4 Å². The van der Waals surface area contributed by atoms with Gasteiger partial charge in [0.15, 0.2) is 0 Å². The molecule has 0 saturated heterocycles. The van der Waals surface area contributed by atoms with Gasteiger partial charge < -0.3 is 5.73 Å². The van der Waals surface area contributed by atoms with Gasteiger partial charge in [0.05, 0.1) is 5.84 Å². The third-order valence-corrected chi connectivity index (χ3v) is 3.54. The maximum atomic E-state index is 7.14. The Balaban J connectivity index is 0.00000144. The SMILES string of the molecule is Cl.N=C(N)Cc1cccc(Br)c1Br. The molecule has 0 amide bonds. The normalized spacial score (nSPS) is 9.08. The number of rotatable bonds is 2. The summed E-state index contributed by atoms with van der Waals surface area (Å²) in [4.78, 5) is 0.